The van der Waals surface area contributed by atoms with Gasteiger partial charge in [-0.15, -0.1) is 0 Å². The first-order valence-electron chi connectivity index (χ1n) is 7.24. The molecule has 0 aromatic carbocycles. The highest BCUT2D eigenvalue weighted by molar-refractivity contribution is 5.82. The maximum Gasteiger partial charge on any atom is 0.410 e. The van der Waals surface area contributed by atoms with E-state index < -0.39 is 11.2 Å². The third kappa shape index (κ3) is 12.0. The third-order valence-electron chi connectivity index (χ3n) is 2.23. The first kappa shape index (κ1) is 19.5. The van der Waals surface area contributed by atoms with Gasteiger partial charge in [-0.25, -0.2) is 9.59 Å². The van der Waals surface area contributed by atoms with Crippen LogP contribution >= 0.6 is 0 Å². The lowest BCUT2D eigenvalue weighted by Gasteiger charge is -2.24. The van der Waals surface area contributed by atoms with E-state index in [1.807, 2.05) is 41.5 Å². The summed E-state index contributed by atoms with van der Waals surface area (Å²) in [5, 5.41) is 0. The predicted molar refractivity (Wildman–Crippen MR) is 83.1 cm³/mol. The van der Waals surface area contributed by atoms with Crippen LogP contribution in [0.1, 0.15) is 54.4 Å². The molecule has 0 saturated heterocycles. The van der Waals surface area contributed by atoms with Crippen LogP contribution in [0, 0.1) is 0 Å². The van der Waals surface area contributed by atoms with E-state index in [1.54, 1.807) is 13.1 Å². The number of ether oxygens (including phenoxy) is 2. The van der Waals surface area contributed by atoms with Gasteiger partial charge in [-0.3, -0.25) is 0 Å². The van der Waals surface area contributed by atoms with Crippen molar-refractivity contribution in [2.24, 2.45) is 0 Å². The lowest BCUT2D eigenvalue weighted by Crippen LogP contribution is -2.34. The quantitative estimate of drug-likeness (QED) is 0.443. The van der Waals surface area contributed by atoms with Crippen LogP contribution in [0.15, 0.2) is 12.2 Å². The Morgan fingerprint density at radius 3 is 2.00 bits per heavy atom. The number of carbonyl (C=O) groups is 2. The fourth-order valence-electron chi connectivity index (χ4n) is 1.39. The van der Waals surface area contributed by atoms with Gasteiger partial charge in [0.2, 0.25) is 0 Å². The van der Waals surface area contributed by atoms with Crippen LogP contribution in [0.25, 0.3) is 0 Å². The van der Waals surface area contributed by atoms with Crippen molar-refractivity contribution < 1.29 is 19.1 Å². The number of rotatable bonds is 5. The predicted octanol–water partition coefficient (Wildman–Crippen LogP) is 3.53. The van der Waals surface area contributed by atoms with E-state index in [1.165, 1.54) is 11.0 Å². The van der Waals surface area contributed by atoms with Crippen LogP contribution in [0.4, 0.5) is 4.79 Å². The molecule has 1 amide bonds. The van der Waals surface area contributed by atoms with Gasteiger partial charge in [0.15, 0.2) is 0 Å². The molecule has 0 aliphatic carbocycles. The molecule has 0 fully saturated rings. The van der Waals surface area contributed by atoms with E-state index in [2.05, 4.69) is 0 Å². The molecule has 0 aliphatic rings. The summed E-state index contributed by atoms with van der Waals surface area (Å²) in [6, 6.07) is 0. The van der Waals surface area contributed by atoms with E-state index in [4.69, 9.17) is 9.47 Å². The van der Waals surface area contributed by atoms with Crippen molar-refractivity contribution in [1.29, 1.82) is 0 Å². The molecule has 0 rings (SSSR count). The van der Waals surface area contributed by atoms with Gasteiger partial charge in [0.25, 0.3) is 0 Å². The summed E-state index contributed by atoms with van der Waals surface area (Å²) in [6.45, 7) is 11.6. The zero-order valence-corrected chi connectivity index (χ0v) is 14.4. The SMILES string of the molecule is CN(CCC/C=C/C(=O)OC(C)(C)C)C(=O)OC(C)(C)C. The largest absolute Gasteiger partial charge is 0.457 e. The smallest absolute Gasteiger partial charge is 0.410 e. The van der Waals surface area contributed by atoms with Gasteiger partial charge >= 0.3 is 12.1 Å². The Morgan fingerprint density at radius 1 is 1.00 bits per heavy atom. The van der Waals surface area contributed by atoms with E-state index >= 15 is 0 Å². The lowest BCUT2D eigenvalue weighted by molar-refractivity contribution is -0.148. The highest BCUT2D eigenvalue weighted by atomic mass is 16.6. The van der Waals surface area contributed by atoms with Gasteiger partial charge in [0.05, 0.1) is 0 Å². The zero-order valence-electron chi connectivity index (χ0n) is 14.4. The minimum atomic E-state index is -0.484. The van der Waals surface area contributed by atoms with Crippen LogP contribution in [0.2, 0.25) is 0 Å². The molecule has 0 aromatic heterocycles. The maximum atomic E-state index is 11.7. The van der Waals surface area contributed by atoms with Gasteiger partial charge < -0.3 is 14.4 Å². The Bertz CT molecular complexity index is 375. The Kier molecular flexibility index (Phi) is 7.47. The Labute approximate surface area is 128 Å². The van der Waals surface area contributed by atoms with Crippen LogP contribution < -0.4 is 0 Å². The van der Waals surface area contributed by atoms with Crippen LogP contribution in [0.5, 0.6) is 0 Å². The number of hydrogen-bond acceptors (Lipinski definition) is 4. The highest BCUT2D eigenvalue weighted by Crippen LogP contribution is 2.10. The molecule has 0 unspecified atom stereocenters. The normalized spacial score (nSPS) is 12.3. The van der Waals surface area contributed by atoms with Crippen molar-refractivity contribution in [1.82, 2.24) is 4.90 Å². The number of amides is 1. The molecule has 21 heavy (non-hydrogen) atoms. The molecule has 0 radical (unpaired) electrons. The number of nitrogens with zero attached hydrogens (tertiary/aromatic N) is 1. The minimum Gasteiger partial charge on any atom is -0.457 e. The average molecular weight is 299 g/mol. The van der Waals surface area contributed by atoms with Crippen molar-refractivity contribution in [2.75, 3.05) is 13.6 Å². The second-order valence-corrected chi connectivity index (χ2v) is 6.98. The molecule has 0 atom stereocenters. The topological polar surface area (TPSA) is 55.8 Å². The second kappa shape index (κ2) is 8.05. The Hall–Kier alpha value is -1.52. The molecule has 0 heterocycles. The first-order chi connectivity index (χ1) is 9.41. The molecule has 0 bridgehead atoms. The lowest BCUT2D eigenvalue weighted by atomic mass is 10.2. The van der Waals surface area contributed by atoms with Crippen LogP contribution in [-0.4, -0.2) is 41.8 Å². The molecule has 5 heteroatoms. The van der Waals surface area contributed by atoms with Gasteiger partial charge in [-0.2, -0.15) is 0 Å². The van der Waals surface area contributed by atoms with E-state index in [-0.39, 0.29) is 12.1 Å². The van der Waals surface area contributed by atoms with E-state index in [0.717, 1.165) is 6.42 Å². The number of allylic oxidation sites excluding steroid dienone is 1. The van der Waals surface area contributed by atoms with Crippen molar-refractivity contribution >= 4 is 12.1 Å². The minimum absolute atomic E-state index is 0.335. The summed E-state index contributed by atoms with van der Waals surface area (Å²) in [5.41, 5.74) is -0.958. The average Bonchev–Trinajstić information content (AvgIpc) is 2.23. The van der Waals surface area contributed by atoms with Gasteiger partial charge in [-0.1, -0.05) is 6.08 Å². The molecule has 0 N–H and O–H groups in total. The van der Waals surface area contributed by atoms with Crippen LogP contribution in [0.3, 0.4) is 0 Å². The van der Waals surface area contributed by atoms with Crippen molar-refractivity contribution in [3.05, 3.63) is 12.2 Å². The fourth-order valence-corrected chi connectivity index (χ4v) is 1.39. The number of hydrogen-bond donors (Lipinski definition) is 0. The summed E-state index contributed by atoms with van der Waals surface area (Å²) in [4.78, 5) is 24.7. The molecule has 0 spiro atoms. The molecular formula is C16H29NO4. The molecule has 0 aliphatic heterocycles. The fraction of sp³-hybridized carbons (Fsp3) is 0.750. The van der Waals surface area contributed by atoms with Crippen LogP contribution in [-0.2, 0) is 14.3 Å². The van der Waals surface area contributed by atoms with Crippen molar-refractivity contribution in [3.8, 4) is 0 Å². The summed E-state index contributed by atoms with van der Waals surface area (Å²) >= 11 is 0. The Morgan fingerprint density at radius 2 is 1.52 bits per heavy atom. The van der Waals surface area contributed by atoms with Gasteiger partial charge in [0, 0.05) is 19.7 Å². The molecular weight excluding hydrogens is 270 g/mol. The molecule has 122 valence electrons. The first-order valence-corrected chi connectivity index (χ1v) is 7.24. The summed E-state index contributed by atoms with van der Waals surface area (Å²) in [7, 11) is 1.70. The van der Waals surface area contributed by atoms with Crippen molar-refractivity contribution in [3.63, 3.8) is 0 Å². The number of unbranched alkanes of at least 4 members (excludes halogenated alkanes) is 1. The Balaban J connectivity index is 3.95. The van der Waals surface area contributed by atoms with E-state index in [0.29, 0.717) is 13.0 Å². The molecule has 0 aromatic rings. The van der Waals surface area contributed by atoms with E-state index in [9.17, 15) is 9.59 Å². The molecule has 5 nitrogen and oxygen atoms in total. The summed E-state index contributed by atoms with van der Waals surface area (Å²) in [5.74, 6) is -0.344. The summed E-state index contributed by atoms with van der Waals surface area (Å²) < 4.78 is 10.4. The van der Waals surface area contributed by atoms with Gasteiger partial charge in [0.1, 0.15) is 11.2 Å². The number of carbonyl (C=O) groups excluding carboxylic acids is 2. The third-order valence-corrected chi connectivity index (χ3v) is 2.23. The standard InChI is InChI=1S/C16H29NO4/c1-15(2,3)20-13(18)11-9-8-10-12-17(7)14(19)21-16(4,5)6/h9,11H,8,10,12H2,1-7H3/b11-9+. The van der Waals surface area contributed by atoms with Gasteiger partial charge in [-0.05, 0) is 54.4 Å². The number of esters is 1. The second-order valence-electron chi connectivity index (χ2n) is 6.98. The maximum absolute atomic E-state index is 11.7. The highest BCUT2D eigenvalue weighted by Gasteiger charge is 2.19. The summed E-state index contributed by atoms with van der Waals surface area (Å²) in [6.07, 6.45) is 4.32. The monoisotopic (exact) mass is 299 g/mol. The molecule has 0 saturated carbocycles. The van der Waals surface area contributed by atoms with Crippen molar-refractivity contribution in [2.45, 2.75) is 65.6 Å². The zero-order chi connectivity index (χ0) is 16.7.